The predicted molar refractivity (Wildman–Crippen MR) is 112 cm³/mol. The van der Waals surface area contributed by atoms with Crippen LogP contribution >= 0.6 is 11.3 Å². The van der Waals surface area contributed by atoms with Crippen molar-refractivity contribution in [3.05, 3.63) is 28.2 Å². The van der Waals surface area contributed by atoms with Crippen molar-refractivity contribution >= 4 is 34.7 Å². The summed E-state index contributed by atoms with van der Waals surface area (Å²) in [6.07, 6.45) is 1.20. The van der Waals surface area contributed by atoms with E-state index in [0.717, 1.165) is 11.3 Å². The number of hydrogen-bond donors (Lipinski definition) is 2. The molecule has 10 nitrogen and oxygen atoms in total. The lowest BCUT2D eigenvalue weighted by molar-refractivity contribution is -0.126. The molecule has 0 bridgehead atoms. The molecule has 0 atom stereocenters. The van der Waals surface area contributed by atoms with E-state index in [9.17, 15) is 14.4 Å². The molecule has 0 saturated carbocycles. The van der Waals surface area contributed by atoms with E-state index >= 15 is 0 Å². The third kappa shape index (κ3) is 4.76. The van der Waals surface area contributed by atoms with Crippen LogP contribution in [0.2, 0.25) is 0 Å². The monoisotopic (exact) mass is 445 g/mol. The van der Waals surface area contributed by atoms with E-state index in [1.54, 1.807) is 23.1 Å². The molecule has 2 aliphatic heterocycles. The molecule has 3 amide bonds. The fraction of sp³-hybridized carbons (Fsp3) is 0.450. The van der Waals surface area contributed by atoms with E-state index in [4.69, 9.17) is 9.47 Å². The fourth-order valence-corrected chi connectivity index (χ4v) is 4.15. The van der Waals surface area contributed by atoms with Gasteiger partial charge in [0.2, 0.25) is 22.7 Å². The van der Waals surface area contributed by atoms with Gasteiger partial charge >= 0.3 is 0 Å². The van der Waals surface area contributed by atoms with E-state index in [2.05, 4.69) is 20.8 Å². The lowest BCUT2D eigenvalue weighted by Crippen LogP contribution is -2.44. The molecular weight excluding hydrogens is 422 g/mol. The number of carbonyl (C=O) groups is 3. The average molecular weight is 446 g/mol. The standard InChI is InChI=1S/C20H23N5O5S/c1-11(2)21-16(26)12-5-7-25(8-6-12)20(28)19-24-23-18(31-19)17(27)22-13-3-4-14-15(9-13)30-10-29-14/h3-4,9,11-12H,5-8,10H2,1-2H3,(H,21,26)(H,22,27). The van der Waals surface area contributed by atoms with Gasteiger partial charge in [0, 0.05) is 36.8 Å². The van der Waals surface area contributed by atoms with Crippen LogP contribution in [-0.4, -0.2) is 58.7 Å². The Bertz CT molecular complexity index is 1000. The van der Waals surface area contributed by atoms with Crippen molar-refractivity contribution in [3.8, 4) is 11.5 Å². The van der Waals surface area contributed by atoms with E-state index in [0.29, 0.717) is 43.1 Å². The Labute approximate surface area is 182 Å². The number of amides is 3. The van der Waals surface area contributed by atoms with Gasteiger partial charge in [-0.05, 0) is 38.8 Å². The minimum Gasteiger partial charge on any atom is -0.454 e. The van der Waals surface area contributed by atoms with Gasteiger partial charge in [0.05, 0.1) is 0 Å². The van der Waals surface area contributed by atoms with Gasteiger partial charge in [0.15, 0.2) is 11.5 Å². The van der Waals surface area contributed by atoms with Crippen LogP contribution in [0.25, 0.3) is 0 Å². The summed E-state index contributed by atoms with van der Waals surface area (Å²) in [5.74, 6) is 0.370. The summed E-state index contributed by atoms with van der Waals surface area (Å²) in [7, 11) is 0. The van der Waals surface area contributed by atoms with Crippen molar-refractivity contribution in [2.45, 2.75) is 32.7 Å². The quantitative estimate of drug-likeness (QED) is 0.720. The molecule has 31 heavy (non-hydrogen) atoms. The summed E-state index contributed by atoms with van der Waals surface area (Å²) in [6, 6.07) is 5.15. The minimum atomic E-state index is -0.459. The van der Waals surface area contributed by atoms with Gasteiger partial charge in [-0.25, -0.2) is 0 Å². The number of ether oxygens (including phenoxy) is 2. The fourth-order valence-electron chi connectivity index (χ4n) is 3.44. The van der Waals surface area contributed by atoms with E-state index in [-0.39, 0.29) is 40.6 Å². The summed E-state index contributed by atoms with van der Waals surface area (Å²) in [5.41, 5.74) is 0.527. The molecule has 0 unspecified atom stereocenters. The molecule has 0 spiro atoms. The van der Waals surface area contributed by atoms with Crippen LogP contribution in [-0.2, 0) is 4.79 Å². The van der Waals surface area contributed by atoms with Gasteiger partial charge in [0.1, 0.15) is 0 Å². The Kier molecular flexibility index (Phi) is 6.03. The number of nitrogens with zero attached hydrogens (tertiary/aromatic N) is 3. The van der Waals surface area contributed by atoms with Crippen LogP contribution < -0.4 is 20.1 Å². The summed E-state index contributed by atoms with van der Waals surface area (Å²) >= 11 is 0.942. The van der Waals surface area contributed by atoms with Crippen LogP contribution in [0.3, 0.4) is 0 Å². The number of carbonyl (C=O) groups excluding carboxylic acids is 3. The first kappa shape index (κ1) is 21.0. The maximum Gasteiger partial charge on any atom is 0.286 e. The van der Waals surface area contributed by atoms with E-state index < -0.39 is 5.91 Å². The first-order valence-corrected chi connectivity index (χ1v) is 10.9. The zero-order valence-corrected chi connectivity index (χ0v) is 18.0. The molecule has 2 aromatic rings. The van der Waals surface area contributed by atoms with Gasteiger partial charge < -0.3 is 25.0 Å². The number of piperidine rings is 1. The molecule has 1 saturated heterocycles. The lowest BCUT2D eigenvalue weighted by Gasteiger charge is -2.31. The van der Waals surface area contributed by atoms with Crippen molar-refractivity contribution in [1.29, 1.82) is 0 Å². The van der Waals surface area contributed by atoms with Crippen molar-refractivity contribution < 1.29 is 23.9 Å². The molecule has 11 heteroatoms. The number of fused-ring (bicyclic) bond motifs is 1. The Morgan fingerprint density at radius 3 is 2.55 bits per heavy atom. The molecule has 3 heterocycles. The predicted octanol–water partition coefficient (Wildman–Crippen LogP) is 1.90. The van der Waals surface area contributed by atoms with Crippen LogP contribution in [0.15, 0.2) is 18.2 Å². The average Bonchev–Trinajstić information content (AvgIpc) is 3.42. The molecule has 1 fully saturated rings. The highest BCUT2D eigenvalue weighted by molar-refractivity contribution is 7.15. The molecule has 4 rings (SSSR count). The Balaban J connectivity index is 1.33. The number of rotatable bonds is 5. The van der Waals surface area contributed by atoms with Crippen LogP contribution in [0.4, 0.5) is 5.69 Å². The normalized spacial score (nSPS) is 15.8. The van der Waals surface area contributed by atoms with Crippen LogP contribution in [0.5, 0.6) is 11.5 Å². The third-order valence-electron chi connectivity index (χ3n) is 5.02. The van der Waals surface area contributed by atoms with E-state index in [1.165, 1.54) is 0 Å². The minimum absolute atomic E-state index is 0.0282. The maximum absolute atomic E-state index is 12.7. The first-order valence-electron chi connectivity index (χ1n) is 10.0. The smallest absolute Gasteiger partial charge is 0.286 e. The van der Waals surface area contributed by atoms with Crippen molar-refractivity contribution in [1.82, 2.24) is 20.4 Å². The van der Waals surface area contributed by atoms with Crippen molar-refractivity contribution in [3.63, 3.8) is 0 Å². The second-order valence-electron chi connectivity index (χ2n) is 7.66. The SMILES string of the molecule is CC(C)NC(=O)C1CCN(C(=O)c2nnc(C(=O)Nc3ccc4c(c3)OCO4)s2)CC1. The number of hydrogen-bond acceptors (Lipinski definition) is 8. The zero-order chi connectivity index (χ0) is 22.0. The lowest BCUT2D eigenvalue weighted by atomic mass is 9.95. The van der Waals surface area contributed by atoms with Crippen LogP contribution in [0, 0.1) is 5.92 Å². The number of benzene rings is 1. The zero-order valence-electron chi connectivity index (χ0n) is 17.2. The highest BCUT2D eigenvalue weighted by Crippen LogP contribution is 2.34. The van der Waals surface area contributed by atoms with Gasteiger partial charge in [-0.1, -0.05) is 11.3 Å². The number of anilines is 1. The molecule has 164 valence electrons. The molecule has 1 aromatic carbocycles. The summed E-state index contributed by atoms with van der Waals surface area (Å²) in [6.45, 7) is 4.92. The Morgan fingerprint density at radius 2 is 1.81 bits per heavy atom. The molecule has 1 aromatic heterocycles. The van der Waals surface area contributed by atoms with Gasteiger partial charge in [-0.2, -0.15) is 0 Å². The van der Waals surface area contributed by atoms with Gasteiger partial charge in [-0.15, -0.1) is 10.2 Å². The molecule has 2 aliphatic rings. The summed E-state index contributed by atoms with van der Waals surface area (Å²) in [4.78, 5) is 39.0. The maximum atomic E-state index is 12.7. The number of likely N-dealkylation sites (tertiary alicyclic amines) is 1. The molecular formula is C20H23N5O5S. The van der Waals surface area contributed by atoms with Crippen molar-refractivity contribution in [2.24, 2.45) is 5.92 Å². The highest BCUT2D eigenvalue weighted by Gasteiger charge is 2.30. The second-order valence-corrected chi connectivity index (χ2v) is 8.64. The number of nitrogens with one attached hydrogen (secondary N) is 2. The Hall–Kier alpha value is -3.21. The summed E-state index contributed by atoms with van der Waals surface area (Å²) < 4.78 is 10.5. The first-order chi connectivity index (χ1) is 14.9. The third-order valence-corrected chi connectivity index (χ3v) is 5.93. The van der Waals surface area contributed by atoms with E-state index in [1.807, 2.05) is 13.8 Å². The van der Waals surface area contributed by atoms with Crippen LogP contribution in [0.1, 0.15) is 46.3 Å². The molecule has 0 radical (unpaired) electrons. The second kappa shape index (κ2) is 8.88. The number of aromatic nitrogens is 2. The summed E-state index contributed by atoms with van der Waals surface area (Å²) in [5, 5.41) is 13.6. The van der Waals surface area contributed by atoms with Gasteiger partial charge in [-0.3, -0.25) is 14.4 Å². The topological polar surface area (TPSA) is 123 Å². The van der Waals surface area contributed by atoms with Gasteiger partial charge in [0.25, 0.3) is 11.8 Å². The Morgan fingerprint density at radius 1 is 1.10 bits per heavy atom. The largest absolute Gasteiger partial charge is 0.454 e. The highest BCUT2D eigenvalue weighted by atomic mass is 32.1. The molecule has 2 N–H and O–H groups in total. The van der Waals surface area contributed by atoms with Crippen molar-refractivity contribution in [2.75, 3.05) is 25.2 Å². The molecule has 0 aliphatic carbocycles.